The monoisotopic (exact) mass is 988 g/mol. The Morgan fingerprint density at radius 1 is 0.817 bits per heavy atom. The third kappa shape index (κ3) is 13.5. The summed E-state index contributed by atoms with van der Waals surface area (Å²) >= 11 is 0. The van der Waals surface area contributed by atoms with E-state index in [-0.39, 0.29) is 32.9 Å². The van der Waals surface area contributed by atoms with Crippen LogP contribution in [-0.2, 0) is 57.9 Å². The number of benzene rings is 3. The number of hydrogen-bond acceptors (Lipinski definition) is 17. The molecule has 2 aliphatic heterocycles. The number of unbranched alkanes of at least 4 members (excludes halogenated alkanes) is 2. The second-order valence-corrected chi connectivity index (χ2v) is 17.6. The number of aliphatic hydroxyl groups excluding tert-OH is 1. The Kier molecular flexibility index (Phi) is 18.7. The van der Waals surface area contributed by atoms with Crippen LogP contribution in [0, 0.1) is 6.92 Å². The average Bonchev–Trinajstić information content (AvgIpc) is 3.35. The van der Waals surface area contributed by atoms with Crippen LogP contribution in [0.3, 0.4) is 0 Å². The summed E-state index contributed by atoms with van der Waals surface area (Å²) in [7, 11) is 3.18. The number of nitrogens with one attached hydrogen (secondary N) is 2. The molecule has 1 aromatic heterocycles. The number of rotatable bonds is 22. The van der Waals surface area contributed by atoms with Crippen LogP contribution in [0.5, 0.6) is 11.5 Å². The molecule has 0 unspecified atom stereocenters. The molecule has 1 amide bonds. The van der Waals surface area contributed by atoms with Gasteiger partial charge in [-0.25, -0.2) is 4.79 Å². The molecule has 3 aromatic carbocycles. The smallest absolute Gasteiger partial charge is 0.330 e. The Balaban J connectivity index is 1.24. The van der Waals surface area contributed by atoms with E-state index in [4.69, 9.17) is 42.6 Å². The minimum atomic E-state index is -1.42. The number of esters is 3. The summed E-state index contributed by atoms with van der Waals surface area (Å²) in [6, 6.07) is 23.6. The number of aryl methyl sites for hydroxylation is 1. The first kappa shape index (κ1) is 53.9. The number of aromatic amines is 1. The summed E-state index contributed by atoms with van der Waals surface area (Å²) in [4.78, 5) is 79.0. The lowest BCUT2D eigenvalue weighted by Gasteiger charge is -2.47. The number of hydrogen-bond donors (Lipinski definition) is 3. The summed E-state index contributed by atoms with van der Waals surface area (Å²) in [6.45, 7) is 6.30. The zero-order valence-electron chi connectivity index (χ0n) is 41.1. The van der Waals surface area contributed by atoms with Crippen LogP contribution >= 0.6 is 0 Å². The molecule has 0 spiro atoms. The topological polar surface area (TPSA) is 242 Å². The molecule has 384 valence electrons. The van der Waals surface area contributed by atoms with Crippen LogP contribution in [0.25, 0.3) is 0 Å². The lowest BCUT2D eigenvalue weighted by Crippen LogP contribution is -2.66. The quantitative estimate of drug-likeness (QED) is 0.0443. The molecule has 20 nitrogen and oxygen atoms in total. The van der Waals surface area contributed by atoms with Crippen LogP contribution in [0.2, 0.25) is 0 Å². The molecule has 2 aliphatic rings. The third-order valence-corrected chi connectivity index (χ3v) is 12.3. The molecule has 4 aromatic rings. The molecule has 3 heterocycles. The van der Waals surface area contributed by atoms with E-state index in [9.17, 15) is 33.9 Å². The predicted octanol–water partition coefficient (Wildman–Crippen LogP) is 3.28. The zero-order chi connectivity index (χ0) is 51.3. The van der Waals surface area contributed by atoms with Crippen LogP contribution in [0.1, 0.15) is 75.4 Å². The highest BCUT2D eigenvalue weighted by Gasteiger charge is 2.51. The molecule has 71 heavy (non-hydrogen) atoms. The Morgan fingerprint density at radius 3 is 1.99 bits per heavy atom. The number of morpholine rings is 1. The predicted molar refractivity (Wildman–Crippen MR) is 255 cm³/mol. The molecule has 2 fully saturated rings. The number of aliphatic hydroxyl groups is 1. The summed E-state index contributed by atoms with van der Waals surface area (Å²) in [5.74, 6) is -1.28. The van der Waals surface area contributed by atoms with E-state index >= 15 is 0 Å². The molecular weight excluding hydrogens is 925 g/mol. The summed E-state index contributed by atoms with van der Waals surface area (Å²) < 4.78 is 54.9. The number of methoxy groups -OCH3 is 2. The highest BCUT2D eigenvalue weighted by Crippen LogP contribution is 2.43. The molecule has 0 saturated carbocycles. The maximum absolute atomic E-state index is 13.4. The van der Waals surface area contributed by atoms with Gasteiger partial charge in [-0.05, 0) is 73.7 Å². The number of H-pyrrole nitrogens is 1. The fourth-order valence-corrected chi connectivity index (χ4v) is 8.94. The number of aromatic nitrogens is 2. The van der Waals surface area contributed by atoms with Crippen LogP contribution in [-0.4, -0.2) is 140 Å². The van der Waals surface area contributed by atoms with Gasteiger partial charge in [-0.3, -0.25) is 38.4 Å². The third-order valence-electron chi connectivity index (χ3n) is 12.3. The summed E-state index contributed by atoms with van der Waals surface area (Å²) in [5, 5.41) is 14.1. The first-order valence-corrected chi connectivity index (χ1v) is 23.3. The van der Waals surface area contributed by atoms with Gasteiger partial charge in [0.15, 0.2) is 24.7 Å². The maximum atomic E-state index is 13.4. The van der Waals surface area contributed by atoms with Gasteiger partial charge in [0.25, 0.3) is 5.56 Å². The molecule has 0 radical (unpaired) electrons. The molecule has 6 rings (SSSR count). The van der Waals surface area contributed by atoms with E-state index in [1.54, 1.807) is 21.1 Å². The van der Waals surface area contributed by atoms with E-state index in [0.29, 0.717) is 42.9 Å². The maximum Gasteiger partial charge on any atom is 0.330 e. The van der Waals surface area contributed by atoms with Gasteiger partial charge >= 0.3 is 23.6 Å². The molecule has 0 aliphatic carbocycles. The summed E-state index contributed by atoms with van der Waals surface area (Å²) in [5.41, 5.74) is -1.30. The number of ether oxygens (including phenoxy) is 9. The molecule has 0 bridgehead atoms. The van der Waals surface area contributed by atoms with Crippen molar-refractivity contribution >= 4 is 23.8 Å². The zero-order valence-corrected chi connectivity index (χ0v) is 41.1. The molecular formula is C51H64N4O16. The van der Waals surface area contributed by atoms with Crippen molar-refractivity contribution in [3.63, 3.8) is 0 Å². The number of carbonyl (C=O) groups excluding carboxylic acids is 4. The Labute approximate surface area is 411 Å². The number of nitrogens with zero attached hydrogens (tertiary/aromatic N) is 2. The van der Waals surface area contributed by atoms with Gasteiger partial charge in [0.05, 0.1) is 27.4 Å². The van der Waals surface area contributed by atoms with Gasteiger partial charge in [-0.2, -0.15) is 0 Å². The Hall–Kier alpha value is -6.42. The average molecular weight is 989 g/mol. The molecule has 2 saturated heterocycles. The van der Waals surface area contributed by atoms with Crippen molar-refractivity contribution in [3.8, 4) is 11.5 Å². The first-order chi connectivity index (χ1) is 34.0. The number of amides is 1. The second kappa shape index (κ2) is 24.6. The fourth-order valence-electron chi connectivity index (χ4n) is 8.94. The van der Waals surface area contributed by atoms with E-state index in [0.717, 1.165) is 23.6 Å². The van der Waals surface area contributed by atoms with E-state index in [1.165, 1.54) is 31.5 Å². The number of carbonyl (C=O) groups is 4. The lowest BCUT2D eigenvalue weighted by atomic mass is 9.79. The van der Waals surface area contributed by atoms with E-state index in [1.807, 2.05) is 78.9 Å². The fraction of sp³-hybridized carbons (Fsp3) is 0.490. The first-order valence-electron chi connectivity index (χ1n) is 23.3. The van der Waals surface area contributed by atoms with Gasteiger partial charge in [-0.1, -0.05) is 54.6 Å². The highest BCUT2D eigenvalue weighted by molar-refractivity contribution is 5.73. The minimum absolute atomic E-state index is 0.108. The Morgan fingerprint density at radius 2 is 1.42 bits per heavy atom. The molecule has 3 N–H and O–H groups in total. The second-order valence-electron chi connectivity index (χ2n) is 17.6. The largest absolute Gasteiger partial charge is 0.497 e. The van der Waals surface area contributed by atoms with Gasteiger partial charge in [0.1, 0.15) is 41.5 Å². The van der Waals surface area contributed by atoms with Crippen molar-refractivity contribution in [1.82, 2.24) is 19.8 Å². The van der Waals surface area contributed by atoms with E-state index < -0.39 is 89.7 Å². The van der Waals surface area contributed by atoms with Crippen molar-refractivity contribution in [2.45, 2.75) is 102 Å². The van der Waals surface area contributed by atoms with Crippen LogP contribution in [0.15, 0.2) is 94.6 Å². The van der Waals surface area contributed by atoms with E-state index in [2.05, 4.69) is 15.2 Å². The van der Waals surface area contributed by atoms with Gasteiger partial charge in [0.2, 0.25) is 5.91 Å². The summed E-state index contributed by atoms with van der Waals surface area (Å²) in [6.07, 6.45) is -2.67. The Bertz CT molecular complexity index is 2490. The SMILES string of the molecule is COc1ccc(C(OC[C@]2(CO)CN(CCCCCO[C@@H]3O[C@H](COC(C)=O)[C@H](OC(C)=O)[C@H](OC(C)=O)[C@H]3NC(C)=O)C[C@H](n3cc(C)c(=O)[nH]c3=O)O2)(c2ccccc2)c2ccc(OC)cc2)cc1. The van der Waals surface area contributed by atoms with Crippen LogP contribution < -0.4 is 26.0 Å². The minimum Gasteiger partial charge on any atom is -0.497 e. The van der Waals surface area contributed by atoms with Gasteiger partial charge in [0, 0.05) is 59.2 Å². The van der Waals surface area contributed by atoms with Gasteiger partial charge in [-0.15, -0.1) is 0 Å². The van der Waals surface area contributed by atoms with Crippen LogP contribution in [0.4, 0.5) is 0 Å². The van der Waals surface area contributed by atoms with Gasteiger partial charge < -0.3 is 53.1 Å². The van der Waals surface area contributed by atoms with Crippen molar-refractivity contribution in [3.05, 3.63) is 128 Å². The van der Waals surface area contributed by atoms with Crippen molar-refractivity contribution < 1.29 is 66.9 Å². The standard InChI is InChI=1S/C51H64N4O16/c1-32-26-55(49(62)53-47(32)61)43-27-54(24-12-9-13-25-65-48-44(52-33(2)57)46(69-36(5)60)45(68-35(4)59)42(70-48)28-66-34(3)58)29-50(30-56,71-43)31-67-51(37-14-10-8-11-15-37,38-16-20-40(63-6)21-17-38)39-18-22-41(64-7)23-19-39/h8,10-11,14-23,26,42-46,48,56H,9,12-13,24-25,27-31H2,1-7H3,(H,52,57)(H,53,61,62)/t42-,43-,44-,45+,46-,48-,50-/m1/s1. The highest BCUT2D eigenvalue weighted by atomic mass is 16.7. The lowest BCUT2D eigenvalue weighted by molar-refractivity contribution is -0.277. The molecule has 20 heteroatoms. The van der Waals surface area contributed by atoms with Crippen molar-refractivity contribution in [1.29, 1.82) is 0 Å². The van der Waals surface area contributed by atoms with Crippen molar-refractivity contribution in [2.75, 3.05) is 60.3 Å². The van der Waals surface area contributed by atoms with Crippen molar-refractivity contribution in [2.24, 2.45) is 0 Å². The normalized spacial score (nSPS) is 22.5. The molecule has 7 atom stereocenters.